The summed E-state index contributed by atoms with van der Waals surface area (Å²) in [6.07, 6.45) is 0.994. The summed E-state index contributed by atoms with van der Waals surface area (Å²) < 4.78 is 16.1. The lowest BCUT2D eigenvalue weighted by Crippen LogP contribution is -2.41. The average molecular weight is 476 g/mol. The van der Waals surface area contributed by atoms with Gasteiger partial charge in [0.25, 0.3) is 0 Å². The molecule has 0 saturated heterocycles. The van der Waals surface area contributed by atoms with E-state index in [1.165, 1.54) is 14.0 Å². The van der Waals surface area contributed by atoms with Crippen molar-refractivity contribution in [3.05, 3.63) is 70.9 Å². The molecule has 1 heterocycles. The van der Waals surface area contributed by atoms with Gasteiger partial charge < -0.3 is 14.2 Å². The van der Waals surface area contributed by atoms with Gasteiger partial charge in [-0.15, -0.1) is 0 Å². The van der Waals surface area contributed by atoms with Gasteiger partial charge in [-0.25, -0.2) is 4.79 Å². The lowest BCUT2D eigenvalue weighted by molar-refractivity contribution is -0.136. The van der Waals surface area contributed by atoms with E-state index in [0.717, 1.165) is 11.3 Å². The van der Waals surface area contributed by atoms with Crippen LogP contribution >= 0.6 is 0 Å². The molecule has 2 aliphatic rings. The molecule has 0 aromatic heterocycles. The highest BCUT2D eigenvalue weighted by Gasteiger charge is 2.46. The first-order valence-electron chi connectivity index (χ1n) is 11.7. The van der Waals surface area contributed by atoms with Crippen LogP contribution in [0.3, 0.4) is 0 Å². The van der Waals surface area contributed by atoms with Gasteiger partial charge in [0.1, 0.15) is 5.78 Å². The lowest BCUT2D eigenvalue weighted by atomic mass is 9.66. The molecule has 0 N–H and O–H groups in total. The molecular weight excluding hydrogens is 446 g/mol. The zero-order valence-electron chi connectivity index (χ0n) is 20.4. The summed E-state index contributed by atoms with van der Waals surface area (Å²) in [5.74, 6) is -1.42. The Morgan fingerprint density at radius 3 is 2.40 bits per heavy atom. The van der Waals surface area contributed by atoms with E-state index in [1.807, 2.05) is 37.3 Å². The minimum Gasteiger partial charge on any atom is -0.490 e. The summed E-state index contributed by atoms with van der Waals surface area (Å²) in [4.78, 5) is 42.8. The molecule has 1 saturated carbocycles. The highest BCUT2D eigenvalue weighted by Crippen LogP contribution is 2.47. The van der Waals surface area contributed by atoms with E-state index in [2.05, 4.69) is 0 Å². The van der Waals surface area contributed by atoms with Crippen LogP contribution in [0.25, 0.3) is 0 Å². The quantitative estimate of drug-likeness (QED) is 0.442. The first-order chi connectivity index (χ1) is 16.8. The number of allylic oxidation sites excluding steroid dienone is 1. The molecule has 4 rings (SSSR count). The van der Waals surface area contributed by atoms with Crippen molar-refractivity contribution >= 4 is 23.4 Å². The van der Waals surface area contributed by atoms with Crippen molar-refractivity contribution in [2.75, 3.05) is 13.7 Å². The predicted molar refractivity (Wildman–Crippen MR) is 131 cm³/mol. The standard InChI is InChI=1S/C28H29NO6/c1-5-34-24-15-19(11-12-23(24)35-17(3)30)26-25(28(32)33-4)16(2)29-21-13-20(14-22(31)27(21)26)18-9-7-6-8-10-18/h6-12,15,20,26-27H,5,13-14H2,1-4H3/t20-,26+,27?/m1/s1. The third kappa shape index (κ3) is 4.90. The molecule has 1 aliphatic carbocycles. The van der Waals surface area contributed by atoms with Gasteiger partial charge in [0.2, 0.25) is 0 Å². The molecule has 0 bridgehead atoms. The molecule has 35 heavy (non-hydrogen) atoms. The fourth-order valence-electron chi connectivity index (χ4n) is 5.10. The number of methoxy groups -OCH3 is 1. The molecule has 7 nitrogen and oxygen atoms in total. The van der Waals surface area contributed by atoms with Crippen LogP contribution in [-0.2, 0) is 19.1 Å². The van der Waals surface area contributed by atoms with Crippen molar-refractivity contribution in [2.45, 2.75) is 45.4 Å². The third-order valence-corrected chi connectivity index (χ3v) is 6.51. The van der Waals surface area contributed by atoms with E-state index < -0.39 is 23.8 Å². The van der Waals surface area contributed by atoms with Gasteiger partial charge in [0.05, 0.1) is 25.2 Å². The minimum atomic E-state index is -0.582. The van der Waals surface area contributed by atoms with Crippen LogP contribution in [0.2, 0.25) is 0 Å². The van der Waals surface area contributed by atoms with E-state index in [1.54, 1.807) is 25.1 Å². The van der Waals surface area contributed by atoms with Crippen molar-refractivity contribution in [2.24, 2.45) is 10.9 Å². The van der Waals surface area contributed by atoms with Crippen LogP contribution in [0, 0.1) is 5.92 Å². The summed E-state index contributed by atoms with van der Waals surface area (Å²) in [6.45, 7) is 5.28. The molecular formula is C28H29NO6. The molecule has 2 aromatic rings. The van der Waals surface area contributed by atoms with E-state index in [9.17, 15) is 14.4 Å². The molecule has 7 heteroatoms. The first-order valence-corrected chi connectivity index (χ1v) is 11.7. The van der Waals surface area contributed by atoms with Crippen molar-refractivity contribution < 1.29 is 28.6 Å². The van der Waals surface area contributed by atoms with Crippen LogP contribution in [0.1, 0.15) is 56.6 Å². The first kappa shape index (κ1) is 24.4. The number of benzene rings is 2. The van der Waals surface area contributed by atoms with Crippen molar-refractivity contribution in [1.82, 2.24) is 0 Å². The van der Waals surface area contributed by atoms with E-state index in [0.29, 0.717) is 42.0 Å². The van der Waals surface area contributed by atoms with Gasteiger partial charge >= 0.3 is 11.9 Å². The largest absolute Gasteiger partial charge is 0.490 e. The summed E-state index contributed by atoms with van der Waals surface area (Å²) in [7, 11) is 1.32. The number of esters is 2. The summed E-state index contributed by atoms with van der Waals surface area (Å²) in [5, 5.41) is 0. The second-order valence-electron chi connectivity index (χ2n) is 8.76. The number of fused-ring (bicyclic) bond motifs is 1. The highest BCUT2D eigenvalue weighted by atomic mass is 16.6. The molecule has 1 unspecified atom stereocenters. The van der Waals surface area contributed by atoms with Crippen molar-refractivity contribution in [1.29, 1.82) is 0 Å². The van der Waals surface area contributed by atoms with Gasteiger partial charge in [-0.2, -0.15) is 0 Å². The normalized spacial score (nSPS) is 21.7. The number of nitrogens with zero attached hydrogens (tertiary/aromatic N) is 1. The van der Waals surface area contributed by atoms with E-state index in [-0.39, 0.29) is 17.5 Å². The number of ether oxygens (including phenoxy) is 3. The fourth-order valence-corrected chi connectivity index (χ4v) is 5.10. The zero-order valence-corrected chi connectivity index (χ0v) is 20.4. The monoisotopic (exact) mass is 475 g/mol. The highest BCUT2D eigenvalue weighted by molar-refractivity contribution is 6.12. The Hall–Kier alpha value is -3.74. The smallest absolute Gasteiger partial charge is 0.336 e. The van der Waals surface area contributed by atoms with E-state index in [4.69, 9.17) is 19.2 Å². The molecule has 3 atom stereocenters. The number of Topliss-reactive ketones (excluding diaryl/α,β-unsaturated/α-hetero) is 1. The Labute approximate surface area is 204 Å². The number of rotatable bonds is 6. The Morgan fingerprint density at radius 2 is 1.74 bits per heavy atom. The number of hydrogen-bond acceptors (Lipinski definition) is 7. The molecule has 1 fully saturated rings. The second-order valence-corrected chi connectivity index (χ2v) is 8.76. The van der Waals surface area contributed by atoms with Crippen LogP contribution < -0.4 is 9.47 Å². The predicted octanol–water partition coefficient (Wildman–Crippen LogP) is 4.76. The maximum absolute atomic E-state index is 13.6. The Morgan fingerprint density at radius 1 is 1.00 bits per heavy atom. The summed E-state index contributed by atoms with van der Waals surface area (Å²) >= 11 is 0. The van der Waals surface area contributed by atoms with Gasteiger partial charge in [0.15, 0.2) is 11.5 Å². The maximum Gasteiger partial charge on any atom is 0.336 e. The second kappa shape index (κ2) is 10.3. The third-order valence-electron chi connectivity index (χ3n) is 6.51. The SMILES string of the molecule is CCOc1cc([C@H]2C(C(=O)OC)=C(C)N=C3C[C@@H](c4ccccc4)CC(=O)C32)ccc1OC(C)=O. The molecule has 2 aromatic carbocycles. The Balaban J connectivity index is 1.80. The van der Waals surface area contributed by atoms with Crippen molar-refractivity contribution in [3.8, 4) is 11.5 Å². The zero-order chi connectivity index (χ0) is 25.1. The van der Waals surface area contributed by atoms with Crippen LogP contribution in [0.4, 0.5) is 0 Å². The number of carbonyl (C=O) groups is 3. The summed E-state index contributed by atoms with van der Waals surface area (Å²) in [6, 6.07) is 15.1. The molecule has 182 valence electrons. The number of hydrogen-bond donors (Lipinski definition) is 0. The number of ketones is 1. The fraction of sp³-hybridized carbons (Fsp3) is 0.357. The number of carbonyl (C=O) groups excluding carboxylic acids is 3. The number of aliphatic imine (C=N–C) groups is 1. The topological polar surface area (TPSA) is 91.3 Å². The van der Waals surface area contributed by atoms with Crippen LogP contribution in [0.5, 0.6) is 11.5 Å². The molecule has 0 amide bonds. The minimum absolute atomic E-state index is 0.0322. The van der Waals surface area contributed by atoms with Gasteiger partial charge in [-0.1, -0.05) is 36.4 Å². The molecule has 0 radical (unpaired) electrons. The van der Waals surface area contributed by atoms with Crippen molar-refractivity contribution in [3.63, 3.8) is 0 Å². The van der Waals surface area contributed by atoms with Gasteiger partial charge in [-0.3, -0.25) is 14.6 Å². The van der Waals surface area contributed by atoms with Crippen LogP contribution in [0.15, 0.2) is 64.8 Å². The maximum atomic E-state index is 13.6. The molecule has 0 spiro atoms. The van der Waals surface area contributed by atoms with Crippen LogP contribution in [-0.4, -0.2) is 37.2 Å². The Bertz CT molecular complexity index is 1210. The van der Waals surface area contributed by atoms with Gasteiger partial charge in [0, 0.05) is 30.7 Å². The van der Waals surface area contributed by atoms with E-state index >= 15 is 0 Å². The van der Waals surface area contributed by atoms with Gasteiger partial charge in [-0.05, 0) is 49.4 Å². The summed E-state index contributed by atoms with van der Waals surface area (Å²) in [5.41, 5.74) is 3.47. The molecule has 1 aliphatic heterocycles. The lowest BCUT2D eigenvalue weighted by Gasteiger charge is -2.38. The Kier molecular flexibility index (Phi) is 7.15. The average Bonchev–Trinajstić information content (AvgIpc) is 2.84.